The van der Waals surface area contributed by atoms with Crippen molar-refractivity contribution in [2.24, 2.45) is 0 Å². The maximum absolute atomic E-state index is 13.0. The molecule has 4 heteroatoms. The van der Waals surface area contributed by atoms with Gasteiger partial charge in [-0.15, -0.1) is 0 Å². The zero-order valence-electron chi connectivity index (χ0n) is 16.5. The van der Waals surface area contributed by atoms with Gasteiger partial charge < -0.3 is 10.2 Å². The Kier molecular flexibility index (Phi) is 8.05. The maximum Gasteiger partial charge on any atom is 0.243 e. The van der Waals surface area contributed by atoms with E-state index in [0.29, 0.717) is 19.4 Å². The summed E-state index contributed by atoms with van der Waals surface area (Å²) in [5, 5.41) is 2.99. The Morgan fingerprint density at radius 3 is 2.00 bits per heavy atom. The fourth-order valence-corrected chi connectivity index (χ4v) is 3.07. The molecule has 27 heavy (non-hydrogen) atoms. The second-order valence-corrected chi connectivity index (χ2v) is 7.13. The van der Waals surface area contributed by atoms with Gasteiger partial charge in [0.1, 0.15) is 6.04 Å². The first-order valence-electron chi connectivity index (χ1n) is 9.69. The smallest absolute Gasteiger partial charge is 0.243 e. The van der Waals surface area contributed by atoms with Crippen molar-refractivity contribution >= 4 is 11.8 Å². The first-order valence-corrected chi connectivity index (χ1v) is 9.69. The summed E-state index contributed by atoms with van der Waals surface area (Å²) in [6, 6.07) is 19.2. The molecule has 0 spiro atoms. The Balaban J connectivity index is 2.34. The predicted octanol–water partition coefficient (Wildman–Crippen LogP) is 3.95. The second-order valence-electron chi connectivity index (χ2n) is 7.13. The highest BCUT2D eigenvalue weighted by molar-refractivity contribution is 5.88. The molecule has 144 valence electrons. The highest BCUT2D eigenvalue weighted by Crippen LogP contribution is 2.16. The Morgan fingerprint density at radius 2 is 1.48 bits per heavy atom. The Hall–Kier alpha value is -2.62. The van der Waals surface area contributed by atoms with Crippen LogP contribution in [0.4, 0.5) is 0 Å². The molecule has 2 aromatic carbocycles. The van der Waals surface area contributed by atoms with E-state index in [4.69, 9.17) is 0 Å². The van der Waals surface area contributed by atoms with Crippen LogP contribution in [0.15, 0.2) is 60.7 Å². The molecule has 0 radical (unpaired) electrons. The first-order chi connectivity index (χ1) is 13.0. The van der Waals surface area contributed by atoms with E-state index in [0.717, 1.165) is 17.5 Å². The van der Waals surface area contributed by atoms with Crippen molar-refractivity contribution in [1.82, 2.24) is 10.2 Å². The monoisotopic (exact) mass is 366 g/mol. The normalized spacial score (nSPS) is 11.9. The zero-order valence-corrected chi connectivity index (χ0v) is 16.5. The molecule has 0 heterocycles. The minimum Gasteiger partial charge on any atom is -0.352 e. The van der Waals surface area contributed by atoms with Crippen molar-refractivity contribution in [3.63, 3.8) is 0 Å². The molecule has 0 bridgehead atoms. The lowest BCUT2D eigenvalue weighted by atomic mass is 10.0. The molecule has 0 fully saturated rings. The van der Waals surface area contributed by atoms with Crippen LogP contribution in [-0.2, 0) is 22.6 Å². The summed E-state index contributed by atoms with van der Waals surface area (Å²) < 4.78 is 0. The van der Waals surface area contributed by atoms with Crippen LogP contribution in [0, 0.1) is 0 Å². The molecule has 0 aliphatic carbocycles. The number of rotatable bonds is 9. The quantitative estimate of drug-likeness (QED) is 0.730. The molecule has 0 unspecified atom stereocenters. The fraction of sp³-hybridized carbons (Fsp3) is 0.391. The minimum atomic E-state index is -0.533. The lowest BCUT2D eigenvalue weighted by Gasteiger charge is -2.32. The van der Waals surface area contributed by atoms with E-state index in [-0.39, 0.29) is 17.9 Å². The molecule has 4 nitrogen and oxygen atoms in total. The number of amides is 2. The molecule has 0 aliphatic heterocycles. The van der Waals surface area contributed by atoms with E-state index < -0.39 is 6.04 Å². The standard InChI is InChI=1S/C23H30N2O2/c1-4-11-22(26)25(17-20-14-9-6-10-15-20)21(23(27)24-18(2)3)16-19-12-7-5-8-13-19/h5-10,12-15,18,21H,4,11,16-17H2,1-3H3,(H,24,27)/t21-/m0/s1. The number of nitrogens with one attached hydrogen (secondary N) is 1. The second kappa shape index (κ2) is 10.5. The molecule has 0 saturated heterocycles. The van der Waals surface area contributed by atoms with Gasteiger partial charge in [-0.2, -0.15) is 0 Å². The molecule has 1 N–H and O–H groups in total. The van der Waals surface area contributed by atoms with E-state index in [2.05, 4.69) is 5.32 Å². The Morgan fingerprint density at radius 1 is 0.926 bits per heavy atom. The lowest BCUT2D eigenvalue weighted by Crippen LogP contribution is -2.51. The SMILES string of the molecule is CCCC(=O)N(Cc1ccccc1)[C@@H](Cc1ccccc1)C(=O)NC(C)C. The summed E-state index contributed by atoms with van der Waals surface area (Å²) in [6.45, 7) is 6.29. The third-order valence-electron chi connectivity index (χ3n) is 4.36. The molecule has 2 aromatic rings. The molecule has 0 aliphatic rings. The summed E-state index contributed by atoms with van der Waals surface area (Å²) in [6.07, 6.45) is 1.70. The summed E-state index contributed by atoms with van der Waals surface area (Å²) in [5.74, 6) is -0.0876. The third kappa shape index (κ3) is 6.55. The number of benzene rings is 2. The van der Waals surface area contributed by atoms with Gasteiger partial charge in [0.15, 0.2) is 0 Å². The predicted molar refractivity (Wildman–Crippen MR) is 109 cm³/mol. The molecule has 2 amide bonds. The minimum absolute atomic E-state index is 0.0150. The van der Waals surface area contributed by atoms with Crippen molar-refractivity contribution in [2.75, 3.05) is 0 Å². The molecular formula is C23H30N2O2. The van der Waals surface area contributed by atoms with Crippen molar-refractivity contribution in [1.29, 1.82) is 0 Å². The van der Waals surface area contributed by atoms with E-state index in [1.165, 1.54) is 0 Å². The van der Waals surface area contributed by atoms with Gasteiger partial charge >= 0.3 is 0 Å². The van der Waals surface area contributed by atoms with Crippen LogP contribution in [-0.4, -0.2) is 28.8 Å². The Labute approximate surface area is 162 Å². The van der Waals surface area contributed by atoms with Gasteiger partial charge in [0.25, 0.3) is 0 Å². The van der Waals surface area contributed by atoms with Gasteiger partial charge in [-0.3, -0.25) is 9.59 Å². The number of carbonyl (C=O) groups excluding carboxylic acids is 2. The fourth-order valence-electron chi connectivity index (χ4n) is 3.07. The van der Waals surface area contributed by atoms with E-state index >= 15 is 0 Å². The van der Waals surface area contributed by atoms with E-state index in [1.54, 1.807) is 4.90 Å². The highest BCUT2D eigenvalue weighted by Gasteiger charge is 2.30. The number of nitrogens with zero attached hydrogens (tertiary/aromatic N) is 1. The third-order valence-corrected chi connectivity index (χ3v) is 4.36. The van der Waals surface area contributed by atoms with Crippen LogP contribution < -0.4 is 5.32 Å². The van der Waals surface area contributed by atoms with Gasteiger partial charge in [-0.05, 0) is 31.4 Å². The molecule has 2 rings (SSSR count). The van der Waals surface area contributed by atoms with Gasteiger partial charge in [-0.25, -0.2) is 0 Å². The molecule has 0 aromatic heterocycles. The maximum atomic E-state index is 13.0. The van der Waals surface area contributed by atoms with Crippen LogP contribution in [0.3, 0.4) is 0 Å². The van der Waals surface area contributed by atoms with Crippen LogP contribution in [0.1, 0.15) is 44.7 Å². The number of carbonyl (C=O) groups is 2. The summed E-state index contributed by atoms with van der Waals surface area (Å²) in [5.41, 5.74) is 2.07. The van der Waals surface area contributed by atoms with Gasteiger partial charge in [0.05, 0.1) is 0 Å². The topological polar surface area (TPSA) is 49.4 Å². The largest absolute Gasteiger partial charge is 0.352 e. The summed E-state index contributed by atoms with van der Waals surface area (Å²) in [4.78, 5) is 27.6. The first kappa shape index (κ1) is 20.7. The zero-order chi connectivity index (χ0) is 19.6. The summed E-state index contributed by atoms with van der Waals surface area (Å²) in [7, 11) is 0. The van der Waals surface area contributed by atoms with Crippen LogP contribution in [0.2, 0.25) is 0 Å². The van der Waals surface area contributed by atoms with Crippen molar-refractivity contribution in [3.05, 3.63) is 71.8 Å². The van der Waals surface area contributed by atoms with Gasteiger partial charge in [0.2, 0.25) is 11.8 Å². The van der Waals surface area contributed by atoms with Gasteiger partial charge in [0, 0.05) is 25.4 Å². The molecular weight excluding hydrogens is 336 g/mol. The van der Waals surface area contributed by atoms with Crippen molar-refractivity contribution < 1.29 is 9.59 Å². The highest BCUT2D eigenvalue weighted by atomic mass is 16.2. The van der Waals surface area contributed by atoms with E-state index in [9.17, 15) is 9.59 Å². The average molecular weight is 367 g/mol. The van der Waals surface area contributed by atoms with Crippen LogP contribution in [0.5, 0.6) is 0 Å². The summed E-state index contributed by atoms with van der Waals surface area (Å²) >= 11 is 0. The lowest BCUT2D eigenvalue weighted by molar-refractivity contribution is -0.141. The van der Waals surface area contributed by atoms with Crippen LogP contribution >= 0.6 is 0 Å². The number of hydrogen-bond acceptors (Lipinski definition) is 2. The van der Waals surface area contributed by atoms with Crippen molar-refractivity contribution in [3.8, 4) is 0 Å². The molecule has 1 atom stereocenters. The average Bonchev–Trinajstić information content (AvgIpc) is 2.66. The molecule has 0 saturated carbocycles. The van der Waals surface area contributed by atoms with Gasteiger partial charge in [-0.1, -0.05) is 67.6 Å². The number of hydrogen-bond donors (Lipinski definition) is 1. The Bertz CT molecular complexity index is 714. The van der Waals surface area contributed by atoms with Crippen molar-refractivity contribution in [2.45, 2.75) is 58.7 Å². The van der Waals surface area contributed by atoms with E-state index in [1.807, 2.05) is 81.4 Å². The van der Waals surface area contributed by atoms with Crippen LogP contribution in [0.25, 0.3) is 0 Å².